The molecule has 0 aliphatic carbocycles. The van der Waals surface area contributed by atoms with Gasteiger partial charge in [-0.3, -0.25) is 10.1 Å². The first-order valence-corrected chi connectivity index (χ1v) is 7.56. The van der Waals surface area contributed by atoms with Crippen molar-refractivity contribution in [2.45, 2.75) is 6.92 Å². The molecule has 0 aliphatic rings. The molecule has 0 aliphatic heterocycles. The highest BCUT2D eigenvalue weighted by atomic mass is 35.5. The Labute approximate surface area is 153 Å². The summed E-state index contributed by atoms with van der Waals surface area (Å²) in [7, 11) is 2.51. The molecular formula is C16H12Cl2N2O5. The van der Waals surface area contributed by atoms with Crippen molar-refractivity contribution in [2.75, 3.05) is 19.5 Å². The predicted molar refractivity (Wildman–Crippen MR) is 90.5 cm³/mol. The molecule has 1 heterocycles. The van der Waals surface area contributed by atoms with Gasteiger partial charge in [-0.05, 0) is 19.1 Å². The van der Waals surface area contributed by atoms with Gasteiger partial charge in [0.2, 0.25) is 5.88 Å². The highest BCUT2D eigenvalue weighted by molar-refractivity contribution is 6.37. The van der Waals surface area contributed by atoms with Gasteiger partial charge in [-0.1, -0.05) is 23.2 Å². The Hall–Kier alpha value is -2.69. The van der Waals surface area contributed by atoms with Crippen LogP contribution >= 0.6 is 23.2 Å². The molecule has 25 heavy (non-hydrogen) atoms. The number of nitriles is 1. The minimum Gasteiger partial charge on any atom is -0.494 e. The Bertz CT molecular complexity index is 899. The number of carbonyl (C=O) groups excluding carboxylic acids is 2. The molecule has 0 saturated heterocycles. The summed E-state index contributed by atoms with van der Waals surface area (Å²) in [6, 6.07) is 4.72. The number of ether oxygens (including phenoxy) is 2. The van der Waals surface area contributed by atoms with E-state index in [1.165, 1.54) is 33.3 Å². The van der Waals surface area contributed by atoms with Gasteiger partial charge in [0.1, 0.15) is 28.5 Å². The van der Waals surface area contributed by atoms with Gasteiger partial charge in [0.05, 0.1) is 24.3 Å². The van der Waals surface area contributed by atoms with E-state index in [-0.39, 0.29) is 44.1 Å². The molecule has 1 aromatic heterocycles. The van der Waals surface area contributed by atoms with Crippen LogP contribution in [-0.2, 0) is 4.74 Å². The van der Waals surface area contributed by atoms with E-state index in [0.717, 1.165) is 0 Å². The van der Waals surface area contributed by atoms with Crippen molar-refractivity contribution in [3.8, 4) is 11.8 Å². The second kappa shape index (κ2) is 7.47. The zero-order valence-corrected chi connectivity index (χ0v) is 14.9. The lowest BCUT2D eigenvalue weighted by molar-refractivity contribution is 0.0598. The third-order valence-electron chi connectivity index (χ3n) is 3.30. The molecule has 0 radical (unpaired) electrons. The van der Waals surface area contributed by atoms with Crippen LogP contribution in [-0.4, -0.2) is 26.1 Å². The fourth-order valence-corrected chi connectivity index (χ4v) is 2.67. The molecule has 0 fully saturated rings. The third-order valence-corrected chi connectivity index (χ3v) is 3.92. The number of halogens is 2. The Kier molecular flexibility index (Phi) is 5.57. The van der Waals surface area contributed by atoms with Gasteiger partial charge in [0.25, 0.3) is 5.91 Å². The second-order valence-electron chi connectivity index (χ2n) is 4.73. The van der Waals surface area contributed by atoms with E-state index in [1.807, 2.05) is 6.07 Å². The number of anilines is 1. The fourth-order valence-electron chi connectivity index (χ4n) is 2.20. The first kappa shape index (κ1) is 18.6. The van der Waals surface area contributed by atoms with Crippen molar-refractivity contribution in [1.82, 2.24) is 0 Å². The maximum atomic E-state index is 12.6. The van der Waals surface area contributed by atoms with Crippen molar-refractivity contribution < 1.29 is 23.5 Å². The van der Waals surface area contributed by atoms with Gasteiger partial charge < -0.3 is 13.9 Å². The predicted octanol–water partition coefficient (Wildman–Crippen LogP) is 3.81. The zero-order chi connectivity index (χ0) is 18.7. The van der Waals surface area contributed by atoms with Gasteiger partial charge in [0, 0.05) is 0 Å². The molecule has 1 amide bonds. The van der Waals surface area contributed by atoms with E-state index in [4.69, 9.17) is 32.4 Å². The topological polar surface area (TPSA) is 102 Å². The highest BCUT2D eigenvalue weighted by Crippen LogP contribution is 2.35. The highest BCUT2D eigenvalue weighted by Gasteiger charge is 2.27. The Morgan fingerprint density at radius 3 is 2.40 bits per heavy atom. The van der Waals surface area contributed by atoms with Gasteiger partial charge in [0.15, 0.2) is 5.75 Å². The molecule has 0 saturated carbocycles. The molecule has 1 aromatic carbocycles. The number of nitrogens with one attached hydrogen (secondary N) is 1. The summed E-state index contributed by atoms with van der Waals surface area (Å²) in [5.74, 6) is -1.48. The van der Waals surface area contributed by atoms with Crippen LogP contribution in [0.25, 0.3) is 0 Å². The van der Waals surface area contributed by atoms with E-state index in [1.54, 1.807) is 0 Å². The number of hydrogen-bond acceptors (Lipinski definition) is 6. The van der Waals surface area contributed by atoms with Crippen molar-refractivity contribution >= 4 is 41.0 Å². The molecule has 0 unspecified atom stereocenters. The van der Waals surface area contributed by atoms with Gasteiger partial charge >= 0.3 is 5.97 Å². The average molecular weight is 383 g/mol. The number of nitrogens with zero attached hydrogens (tertiary/aromatic N) is 1. The van der Waals surface area contributed by atoms with Crippen molar-refractivity contribution in [3.05, 3.63) is 44.6 Å². The number of methoxy groups -OCH3 is 2. The Balaban J connectivity index is 2.49. The van der Waals surface area contributed by atoms with Crippen LogP contribution in [0.2, 0.25) is 10.0 Å². The van der Waals surface area contributed by atoms with E-state index in [0.29, 0.717) is 0 Å². The third kappa shape index (κ3) is 3.40. The van der Waals surface area contributed by atoms with Crippen molar-refractivity contribution in [2.24, 2.45) is 0 Å². The van der Waals surface area contributed by atoms with Crippen LogP contribution < -0.4 is 10.1 Å². The second-order valence-corrected chi connectivity index (χ2v) is 5.55. The van der Waals surface area contributed by atoms with Crippen LogP contribution in [0, 0.1) is 18.3 Å². The number of furan rings is 1. The lowest BCUT2D eigenvalue weighted by atomic mass is 10.1. The maximum absolute atomic E-state index is 12.6. The van der Waals surface area contributed by atoms with Crippen LogP contribution in [0.1, 0.15) is 32.0 Å². The molecule has 1 N–H and O–H groups in total. The van der Waals surface area contributed by atoms with Gasteiger partial charge in [-0.2, -0.15) is 5.26 Å². The number of carbonyl (C=O) groups is 2. The monoisotopic (exact) mass is 382 g/mol. The van der Waals surface area contributed by atoms with Gasteiger partial charge in [-0.15, -0.1) is 0 Å². The Morgan fingerprint density at radius 2 is 1.84 bits per heavy atom. The first-order chi connectivity index (χ1) is 11.8. The maximum Gasteiger partial charge on any atom is 0.342 e. The molecule has 7 nitrogen and oxygen atoms in total. The lowest BCUT2D eigenvalue weighted by Crippen LogP contribution is -2.15. The molecule has 0 atom stereocenters. The lowest BCUT2D eigenvalue weighted by Gasteiger charge is -2.11. The molecule has 2 rings (SSSR count). The summed E-state index contributed by atoms with van der Waals surface area (Å²) >= 11 is 12.1. The summed E-state index contributed by atoms with van der Waals surface area (Å²) in [5.41, 5.74) is -0.256. The van der Waals surface area contributed by atoms with Gasteiger partial charge in [-0.25, -0.2) is 4.79 Å². The number of esters is 1. The molecule has 0 spiro atoms. The minimum absolute atomic E-state index is 0.0331. The van der Waals surface area contributed by atoms with E-state index in [2.05, 4.69) is 10.1 Å². The van der Waals surface area contributed by atoms with Crippen LogP contribution in [0.5, 0.6) is 5.75 Å². The van der Waals surface area contributed by atoms with Crippen LogP contribution in [0.15, 0.2) is 16.5 Å². The minimum atomic E-state index is -0.753. The fraction of sp³-hybridized carbons (Fsp3) is 0.188. The Morgan fingerprint density at radius 1 is 1.20 bits per heavy atom. The van der Waals surface area contributed by atoms with E-state index in [9.17, 15) is 14.9 Å². The summed E-state index contributed by atoms with van der Waals surface area (Å²) in [5, 5.41) is 12.0. The number of aryl methyl sites for hydroxylation is 1. The van der Waals surface area contributed by atoms with E-state index >= 15 is 0 Å². The normalized spacial score (nSPS) is 10.1. The SMILES string of the molecule is COC(=O)c1c(C)oc(NC(=O)c2c(Cl)ccc(Cl)c2OC)c1C#N. The summed E-state index contributed by atoms with van der Waals surface area (Å²) in [4.78, 5) is 24.4. The number of amides is 1. The average Bonchev–Trinajstić information content (AvgIpc) is 2.90. The van der Waals surface area contributed by atoms with Crippen LogP contribution in [0.3, 0.4) is 0 Å². The summed E-state index contributed by atoms with van der Waals surface area (Å²) in [6.45, 7) is 1.47. The van der Waals surface area contributed by atoms with Crippen LogP contribution in [0.4, 0.5) is 5.88 Å². The molecule has 130 valence electrons. The quantitative estimate of drug-likeness (QED) is 0.806. The standard InChI is InChI=1S/C16H12Cl2N2O5/c1-7-11(16(22)24-3)8(6-19)15(25-7)20-14(21)12-9(17)4-5-10(18)13(12)23-2/h4-5H,1-3H3,(H,20,21). The zero-order valence-electron chi connectivity index (χ0n) is 13.4. The number of benzene rings is 1. The number of rotatable bonds is 4. The summed E-state index contributed by atoms with van der Waals surface area (Å²) < 4.78 is 15.0. The molecule has 9 heteroatoms. The molecule has 0 bridgehead atoms. The number of hydrogen-bond donors (Lipinski definition) is 1. The van der Waals surface area contributed by atoms with Crippen molar-refractivity contribution in [1.29, 1.82) is 5.26 Å². The first-order valence-electron chi connectivity index (χ1n) is 6.80. The van der Waals surface area contributed by atoms with E-state index < -0.39 is 11.9 Å². The largest absolute Gasteiger partial charge is 0.494 e. The molecular weight excluding hydrogens is 371 g/mol. The molecule has 2 aromatic rings. The van der Waals surface area contributed by atoms with Crippen molar-refractivity contribution in [3.63, 3.8) is 0 Å². The summed E-state index contributed by atoms with van der Waals surface area (Å²) in [6.07, 6.45) is 0. The smallest absolute Gasteiger partial charge is 0.342 e.